The predicted octanol–water partition coefficient (Wildman–Crippen LogP) is 5.67. The van der Waals surface area contributed by atoms with Crippen LogP contribution in [-0.4, -0.2) is 70.2 Å². The minimum atomic E-state index is -4.10. The van der Waals surface area contributed by atoms with Gasteiger partial charge >= 0.3 is 5.97 Å². The van der Waals surface area contributed by atoms with Gasteiger partial charge in [0.25, 0.3) is 0 Å². The molecule has 0 saturated carbocycles. The first-order valence-electron chi connectivity index (χ1n) is 14.3. The molecule has 3 aromatic carbocycles. The average molecular weight is 603 g/mol. The molecule has 1 atom stereocenters. The topological polar surface area (TPSA) is 81.2 Å². The van der Waals surface area contributed by atoms with Crippen LogP contribution in [0.3, 0.4) is 0 Å². The molecule has 4 rings (SSSR count). The standard InChI is InChI=1S/C31H39B2N3O4S2/c1-5-6-17-31(32)23-35(26-15-11-8-12-16-26)28-19-27(34(3)4)25(21-41-22-30(37)38)18-29(28)42(39,40)36(31)33(2)20-24-13-9-7-10-14-24/h7-16,18-19H,5-6,17,20-23H2,1-4H3,(H,37,38)/t31-/m1/s1. The van der Waals surface area contributed by atoms with Gasteiger partial charge in [-0.05, 0) is 42.6 Å². The first-order valence-corrected chi connectivity index (χ1v) is 16.9. The van der Waals surface area contributed by atoms with Gasteiger partial charge in [0.15, 0.2) is 0 Å². The Bertz CT molecular complexity index is 1480. The van der Waals surface area contributed by atoms with Crippen LogP contribution in [0.25, 0.3) is 0 Å². The summed E-state index contributed by atoms with van der Waals surface area (Å²) in [4.78, 5) is 15.4. The number of carboxylic acid groups (broad SMARTS) is 1. The van der Waals surface area contributed by atoms with Gasteiger partial charge in [-0.15, -0.1) is 11.8 Å². The number of nitrogens with zero attached hydrogens (tertiary/aromatic N) is 3. The highest BCUT2D eigenvalue weighted by molar-refractivity contribution is 7.99. The maximum atomic E-state index is 14.9. The zero-order valence-corrected chi connectivity index (χ0v) is 26.5. The highest BCUT2D eigenvalue weighted by atomic mass is 32.2. The SMILES string of the molecule is [B][C@@]1(CCCC)CN(c2ccccc2)c2cc(N(C)C)c(CSCC(=O)O)cc2S(=O)(=O)N1B(C)Cc1ccccc1. The van der Waals surface area contributed by atoms with E-state index in [1.807, 2.05) is 97.4 Å². The lowest BCUT2D eigenvalue weighted by Crippen LogP contribution is -2.61. The van der Waals surface area contributed by atoms with Gasteiger partial charge in [0.1, 0.15) is 4.90 Å². The van der Waals surface area contributed by atoms with E-state index in [1.54, 1.807) is 10.3 Å². The second kappa shape index (κ2) is 13.6. The first kappa shape index (κ1) is 32.0. The number of carboxylic acids is 1. The summed E-state index contributed by atoms with van der Waals surface area (Å²) in [6.45, 7) is 3.89. The fourth-order valence-electron chi connectivity index (χ4n) is 5.80. The first-order chi connectivity index (χ1) is 20.0. The summed E-state index contributed by atoms with van der Waals surface area (Å²) in [5.74, 6) is -0.624. The third kappa shape index (κ3) is 7.01. The lowest BCUT2D eigenvalue weighted by atomic mass is 9.55. The van der Waals surface area contributed by atoms with Gasteiger partial charge in [0, 0.05) is 43.2 Å². The number of carbonyl (C=O) groups is 1. The summed E-state index contributed by atoms with van der Waals surface area (Å²) >= 11 is 1.25. The third-order valence-electron chi connectivity index (χ3n) is 7.63. The number of thioether (sulfide) groups is 1. The maximum absolute atomic E-state index is 14.9. The molecule has 0 bridgehead atoms. The largest absolute Gasteiger partial charge is 0.481 e. The third-order valence-corrected chi connectivity index (χ3v) is 10.7. The highest BCUT2D eigenvalue weighted by Crippen LogP contribution is 2.45. The van der Waals surface area contributed by atoms with Crippen molar-refractivity contribution in [2.75, 3.05) is 36.2 Å². The normalized spacial score (nSPS) is 18.2. The molecule has 2 radical (unpaired) electrons. The van der Waals surface area contributed by atoms with E-state index in [0.29, 0.717) is 24.2 Å². The molecule has 0 amide bonds. The predicted molar refractivity (Wildman–Crippen MR) is 177 cm³/mol. The summed E-state index contributed by atoms with van der Waals surface area (Å²) in [5, 5.41) is 9.23. The monoisotopic (exact) mass is 603 g/mol. The van der Waals surface area contributed by atoms with Crippen LogP contribution in [-0.2, 0) is 26.9 Å². The number of hydrogen-bond donors (Lipinski definition) is 1. The van der Waals surface area contributed by atoms with Crippen LogP contribution in [0.1, 0.15) is 37.3 Å². The molecule has 11 heteroatoms. The van der Waals surface area contributed by atoms with Crippen LogP contribution in [0.15, 0.2) is 77.7 Å². The van der Waals surface area contributed by atoms with Crippen molar-refractivity contribution in [3.8, 4) is 0 Å². The van der Waals surface area contributed by atoms with E-state index >= 15 is 0 Å². The molecule has 1 aliphatic heterocycles. The van der Waals surface area contributed by atoms with E-state index in [1.165, 1.54) is 11.8 Å². The molecule has 42 heavy (non-hydrogen) atoms. The van der Waals surface area contributed by atoms with Gasteiger partial charge in [-0.25, -0.2) is 12.6 Å². The number of aliphatic carboxylic acids is 1. The molecule has 0 saturated heterocycles. The maximum Gasteiger partial charge on any atom is 0.313 e. The fourth-order valence-corrected chi connectivity index (χ4v) is 8.64. The lowest BCUT2D eigenvalue weighted by molar-refractivity contribution is -0.133. The van der Waals surface area contributed by atoms with E-state index in [0.717, 1.165) is 35.3 Å². The van der Waals surface area contributed by atoms with Crippen molar-refractivity contribution in [2.45, 2.75) is 55.4 Å². The zero-order chi connectivity index (χ0) is 30.5. The fraction of sp³-hybridized carbons (Fsp3) is 0.387. The quantitative estimate of drug-likeness (QED) is 0.267. The van der Waals surface area contributed by atoms with E-state index in [-0.39, 0.29) is 17.2 Å². The van der Waals surface area contributed by atoms with Crippen molar-refractivity contribution in [1.29, 1.82) is 0 Å². The molecule has 0 aromatic heterocycles. The summed E-state index contributed by atoms with van der Waals surface area (Å²) in [7, 11) is 7.02. The van der Waals surface area contributed by atoms with Crippen LogP contribution in [0.5, 0.6) is 0 Å². The lowest BCUT2D eigenvalue weighted by Gasteiger charge is -2.44. The van der Waals surface area contributed by atoms with Gasteiger partial charge in [-0.1, -0.05) is 80.7 Å². The molecule has 1 aliphatic rings. The molecule has 0 spiro atoms. The minimum absolute atomic E-state index is 0.0734. The number of benzene rings is 3. The number of hydrogen-bond acceptors (Lipinski definition) is 6. The van der Waals surface area contributed by atoms with Crippen molar-refractivity contribution in [2.24, 2.45) is 0 Å². The van der Waals surface area contributed by atoms with Crippen LogP contribution >= 0.6 is 11.8 Å². The molecule has 220 valence electrons. The second-order valence-corrected chi connectivity index (χ2v) is 14.0. The zero-order valence-electron chi connectivity index (χ0n) is 24.9. The summed E-state index contributed by atoms with van der Waals surface area (Å²) in [6, 6.07) is 23.3. The van der Waals surface area contributed by atoms with Crippen molar-refractivity contribution in [1.82, 2.24) is 4.22 Å². The Hall–Kier alpha value is -2.88. The van der Waals surface area contributed by atoms with Crippen LogP contribution in [0, 0.1) is 0 Å². The number of unbranched alkanes of at least 4 members (excludes halogenated alkanes) is 1. The Morgan fingerprint density at radius 2 is 1.74 bits per heavy atom. The number of para-hydroxylation sites is 1. The summed E-state index contributed by atoms with van der Waals surface area (Å²) in [6.07, 6.45) is 2.68. The van der Waals surface area contributed by atoms with E-state index in [4.69, 9.17) is 7.85 Å². The van der Waals surface area contributed by atoms with Crippen molar-refractivity contribution in [3.63, 3.8) is 0 Å². The minimum Gasteiger partial charge on any atom is -0.481 e. The molecular weight excluding hydrogens is 564 g/mol. The molecule has 7 nitrogen and oxygen atoms in total. The molecule has 0 fully saturated rings. The van der Waals surface area contributed by atoms with Gasteiger partial charge < -0.3 is 14.9 Å². The number of anilines is 3. The molecular formula is C31H39B2N3O4S2. The molecule has 0 unspecified atom stereocenters. The second-order valence-electron chi connectivity index (χ2n) is 11.2. The van der Waals surface area contributed by atoms with Crippen molar-refractivity contribution in [3.05, 3.63) is 83.9 Å². The van der Waals surface area contributed by atoms with E-state index in [2.05, 4.69) is 6.92 Å². The Balaban J connectivity index is 1.96. The number of fused-ring (bicyclic) bond motifs is 1. The van der Waals surface area contributed by atoms with Crippen LogP contribution < -0.4 is 9.80 Å². The average Bonchev–Trinajstić information content (AvgIpc) is 3.02. The summed E-state index contributed by atoms with van der Waals surface area (Å²) in [5.41, 5.74) is 2.87. The Labute approximate surface area is 256 Å². The molecule has 3 aromatic rings. The Morgan fingerprint density at radius 3 is 2.33 bits per heavy atom. The van der Waals surface area contributed by atoms with E-state index < -0.39 is 28.3 Å². The molecule has 1 heterocycles. The van der Waals surface area contributed by atoms with Crippen molar-refractivity contribution >= 4 is 59.5 Å². The summed E-state index contributed by atoms with van der Waals surface area (Å²) < 4.78 is 31.4. The smallest absolute Gasteiger partial charge is 0.313 e. The van der Waals surface area contributed by atoms with E-state index in [9.17, 15) is 18.3 Å². The Morgan fingerprint density at radius 1 is 1.10 bits per heavy atom. The Kier molecular flexibility index (Phi) is 10.4. The number of rotatable bonds is 12. The molecule has 0 aliphatic carbocycles. The highest BCUT2D eigenvalue weighted by Gasteiger charge is 2.48. The van der Waals surface area contributed by atoms with Crippen LogP contribution in [0.4, 0.5) is 17.1 Å². The van der Waals surface area contributed by atoms with Gasteiger partial charge in [-0.3, -0.25) is 4.79 Å². The number of sulfonamides is 1. The van der Waals surface area contributed by atoms with Gasteiger partial charge in [-0.2, -0.15) is 0 Å². The van der Waals surface area contributed by atoms with Gasteiger partial charge in [0.2, 0.25) is 16.9 Å². The molecule has 1 N–H and O–H groups in total. The van der Waals surface area contributed by atoms with Crippen LogP contribution in [0.2, 0.25) is 6.82 Å². The van der Waals surface area contributed by atoms with Gasteiger partial charge in [0.05, 0.1) is 19.3 Å². The van der Waals surface area contributed by atoms with Crippen molar-refractivity contribution < 1.29 is 18.3 Å².